The van der Waals surface area contributed by atoms with Gasteiger partial charge in [-0.15, -0.1) is 11.3 Å². The van der Waals surface area contributed by atoms with Gasteiger partial charge in [-0.05, 0) is 43.2 Å². The van der Waals surface area contributed by atoms with Gasteiger partial charge in [0.2, 0.25) is 5.91 Å². The number of carbonyl (C=O) groups is 2. The third-order valence-electron chi connectivity index (χ3n) is 3.26. The van der Waals surface area contributed by atoms with E-state index >= 15 is 0 Å². The SMILES string of the molecule is CCOC(=O)c1ccsc1NC(=O)CCC(C)(C)CCN. The summed E-state index contributed by atoms with van der Waals surface area (Å²) in [5.74, 6) is -0.495. The number of ether oxygens (including phenoxy) is 1. The van der Waals surface area contributed by atoms with Crippen molar-refractivity contribution in [2.45, 2.75) is 40.0 Å². The zero-order valence-electron chi connectivity index (χ0n) is 12.9. The van der Waals surface area contributed by atoms with E-state index in [1.807, 2.05) is 0 Å². The van der Waals surface area contributed by atoms with E-state index in [0.717, 1.165) is 12.8 Å². The Morgan fingerprint density at radius 3 is 2.71 bits per heavy atom. The van der Waals surface area contributed by atoms with Crippen molar-refractivity contribution < 1.29 is 14.3 Å². The van der Waals surface area contributed by atoms with E-state index in [9.17, 15) is 9.59 Å². The van der Waals surface area contributed by atoms with Gasteiger partial charge in [-0.25, -0.2) is 4.79 Å². The number of anilines is 1. The highest BCUT2D eigenvalue weighted by Gasteiger charge is 2.20. The van der Waals surface area contributed by atoms with E-state index in [1.165, 1.54) is 11.3 Å². The smallest absolute Gasteiger partial charge is 0.341 e. The summed E-state index contributed by atoms with van der Waals surface area (Å²) in [6.45, 7) is 6.88. The van der Waals surface area contributed by atoms with Crippen molar-refractivity contribution in [2.24, 2.45) is 11.1 Å². The van der Waals surface area contributed by atoms with Crippen molar-refractivity contribution in [3.8, 4) is 0 Å². The van der Waals surface area contributed by atoms with Crippen molar-refractivity contribution in [2.75, 3.05) is 18.5 Å². The van der Waals surface area contributed by atoms with Gasteiger partial charge < -0.3 is 15.8 Å². The normalized spacial score (nSPS) is 11.2. The molecule has 0 aliphatic rings. The van der Waals surface area contributed by atoms with Crippen molar-refractivity contribution in [3.63, 3.8) is 0 Å². The quantitative estimate of drug-likeness (QED) is 0.723. The topological polar surface area (TPSA) is 81.4 Å². The van der Waals surface area contributed by atoms with Gasteiger partial charge >= 0.3 is 5.97 Å². The molecule has 3 N–H and O–H groups in total. The van der Waals surface area contributed by atoms with Crippen LogP contribution in [0.25, 0.3) is 0 Å². The summed E-state index contributed by atoms with van der Waals surface area (Å²) in [6.07, 6.45) is 2.05. The summed E-state index contributed by atoms with van der Waals surface area (Å²) < 4.78 is 4.96. The third-order valence-corrected chi connectivity index (χ3v) is 4.09. The molecular weight excluding hydrogens is 288 g/mol. The second kappa shape index (κ2) is 8.14. The molecule has 0 aliphatic heterocycles. The maximum atomic E-state index is 12.0. The first-order chi connectivity index (χ1) is 9.89. The Morgan fingerprint density at radius 2 is 2.10 bits per heavy atom. The van der Waals surface area contributed by atoms with Crippen LogP contribution in [0.4, 0.5) is 5.00 Å². The Hall–Kier alpha value is -1.40. The summed E-state index contributed by atoms with van der Waals surface area (Å²) >= 11 is 1.32. The lowest BCUT2D eigenvalue weighted by Gasteiger charge is -2.23. The molecule has 5 nitrogen and oxygen atoms in total. The Morgan fingerprint density at radius 1 is 1.38 bits per heavy atom. The summed E-state index contributed by atoms with van der Waals surface area (Å²) in [5.41, 5.74) is 6.02. The molecular formula is C15H24N2O3S. The molecule has 0 fully saturated rings. The number of hydrogen-bond acceptors (Lipinski definition) is 5. The summed E-state index contributed by atoms with van der Waals surface area (Å²) in [6, 6.07) is 1.66. The van der Waals surface area contributed by atoms with Crippen molar-refractivity contribution in [3.05, 3.63) is 17.0 Å². The highest BCUT2D eigenvalue weighted by atomic mass is 32.1. The molecule has 1 aromatic rings. The lowest BCUT2D eigenvalue weighted by molar-refractivity contribution is -0.116. The van der Waals surface area contributed by atoms with Crippen LogP contribution in [0.3, 0.4) is 0 Å². The minimum atomic E-state index is -0.405. The molecule has 0 spiro atoms. The first-order valence-electron chi connectivity index (χ1n) is 7.14. The van der Waals surface area contributed by atoms with Crippen molar-refractivity contribution >= 4 is 28.2 Å². The summed E-state index contributed by atoms with van der Waals surface area (Å²) in [5, 5.41) is 5.11. The van der Waals surface area contributed by atoms with Gasteiger partial charge in [0.05, 0.1) is 12.2 Å². The molecule has 0 atom stereocenters. The molecule has 1 rings (SSSR count). The minimum Gasteiger partial charge on any atom is -0.462 e. The summed E-state index contributed by atoms with van der Waals surface area (Å²) in [4.78, 5) is 23.7. The van der Waals surface area contributed by atoms with Crippen molar-refractivity contribution in [1.29, 1.82) is 0 Å². The Kier molecular flexibility index (Phi) is 6.84. The zero-order chi connectivity index (χ0) is 15.9. The van der Waals surface area contributed by atoms with Gasteiger partial charge in [-0.2, -0.15) is 0 Å². The average molecular weight is 312 g/mol. The van der Waals surface area contributed by atoms with E-state index in [4.69, 9.17) is 10.5 Å². The molecule has 21 heavy (non-hydrogen) atoms. The van der Waals surface area contributed by atoms with Gasteiger partial charge in [0.25, 0.3) is 0 Å². The molecule has 0 saturated heterocycles. The maximum Gasteiger partial charge on any atom is 0.341 e. The predicted molar refractivity (Wildman–Crippen MR) is 85.6 cm³/mol. The minimum absolute atomic E-state index is 0.0471. The number of nitrogens with two attached hydrogens (primary N) is 1. The van der Waals surface area contributed by atoms with Crippen LogP contribution in [0.5, 0.6) is 0 Å². The van der Waals surface area contributed by atoms with Crippen LogP contribution >= 0.6 is 11.3 Å². The highest BCUT2D eigenvalue weighted by Crippen LogP contribution is 2.28. The highest BCUT2D eigenvalue weighted by molar-refractivity contribution is 7.14. The number of amides is 1. The standard InChI is InChI=1S/C15H24N2O3S/c1-4-20-14(19)11-6-10-21-13(11)17-12(18)5-7-15(2,3)8-9-16/h6,10H,4-5,7-9,16H2,1-3H3,(H,17,18). The molecule has 0 bridgehead atoms. The van der Waals surface area contributed by atoms with Gasteiger partial charge in [0.15, 0.2) is 0 Å². The fourth-order valence-corrected chi connectivity index (χ4v) is 2.72. The third kappa shape index (κ3) is 5.85. The lowest BCUT2D eigenvalue weighted by Crippen LogP contribution is -2.21. The van der Waals surface area contributed by atoms with E-state index in [0.29, 0.717) is 30.1 Å². The van der Waals surface area contributed by atoms with Crippen LogP contribution in [0.1, 0.15) is 50.4 Å². The second-order valence-electron chi connectivity index (χ2n) is 5.63. The number of rotatable bonds is 8. The molecule has 1 heterocycles. The lowest BCUT2D eigenvalue weighted by atomic mass is 9.84. The van der Waals surface area contributed by atoms with Crippen LogP contribution < -0.4 is 11.1 Å². The van der Waals surface area contributed by atoms with Crippen LogP contribution in [-0.4, -0.2) is 25.0 Å². The van der Waals surface area contributed by atoms with Crippen LogP contribution in [-0.2, 0) is 9.53 Å². The molecule has 0 aliphatic carbocycles. The number of hydrogen-bond donors (Lipinski definition) is 2. The van der Waals surface area contributed by atoms with Crippen LogP contribution in [0, 0.1) is 5.41 Å². The molecule has 6 heteroatoms. The predicted octanol–water partition coefficient (Wildman–Crippen LogP) is 3.02. The molecule has 0 radical (unpaired) electrons. The van der Waals surface area contributed by atoms with Crippen LogP contribution in [0.15, 0.2) is 11.4 Å². The Labute approximate surface area is 129 Å². The Balaban J connectivity index is 2.56. The number of thiophene rings is 1. The molecule has 1 amide bonds. The van der Waals surface area contributed by atoms with Gasteiger partial charge in [0.1, 0.15) is 5.00 Å². The summed E-state index contributed by atoms with van der Waals surface area (Å²) in [7, 11) is 0. The van der Waals surface area contributed by atoms with Crippen molar-refractivity contribution in [1.82, 2.24) is 0 Å². The number of carbonyl (C=O) groups excluding carboxylic acids is 2. The van der Waals surface area contributed by atoms with E-state index < -0.39 is 5.97 Å². The number of esters is 1. The van der Waals surface area contributed by atoms with Gasteiger partial charge in [-0.3, -0.25) is 4.79 Å². The zero-order valence-corrected chi connectivity index (χ0v) is 13.7. The van der Waals surface area contributed by atoms with E-state index in [2.05, 4.69) is 19.2 Å². The average Bonchev–Trinajstić information content (AvgIpc) is 2.85. The Bertz CT molecular complexity index is 483. The molecule has 0 unspecified atom stereocenters. The maximum absolute atomic E-state index is 12.0. The number of nitrogens with one attached hydrogen (secondary N) is 1. The first kappa shape index (κ1) is 17.7. The van der Waals surface area contributed by atoms with Gasteiger partial charge in [-0.1, -0.05) is 13.8 Å². The molecule has 1 aromatic heterocycles. The fourth-order valence-electron chi connectivity index (χ4n) is 1.93. The van der Waals surface area contributed by atoms with E-state index in [-0.39, 0.29) is 11.3 Å². The molecule has 0 saturated carbocycles. The van der Waals surface area contributed by atoms with E-state index in [1.54, 1.807) is 18.4 Å². The second-order valence-corrected chi connectivity index (χ2v) is 6.55. The fraction of sp³-hybridized carbons (Fsp3) is 0.600. The molecule has 0 aromatic carbocycles. The van der Waals surface area contributed by atoms with Gasteiger partial charge in [0, 0.05) is 6.42 Å². The molecule has 118 valence electrons. The first-order valence-corrected chi connectivity index (χ1v) is 8.02. The van der Waals surface area contributed by atoms with Crippen LogP contribution in [0.2, 0.25) is 0 Å². The monoisotopic (exact) mass is 312 g/mol. The largest absolute Gasteiger partial charge is 0.462 e.